The number of hydrogen-bond donors (Lipinski definition) is 2. The first-order valence-corrected chi connectivity index (χ1v) is 12.8. The van der Waals surface area contributed by atoms with Crippen LogP contribution in [0, 0.1) is 27.7 Å². The summed E-state index contributed by atoms with van der Waals surface area (Å²) in [7, 11) is 0. The second kappa shape index (κ2) is 11.1. The number of ether oxygens (including phenoxy) is 1. The highest BCUT2D eigenvalue weighted by atomic mass is 16.5. The molecule has 0 bridgehead atoms. The summed E-state index contributed by atoms with van der Waals surface area (Å²) in [4.78, 5) is 31.3. The quantitative estimate of drug-likeness (QED) is 0.480. The van der Waals surface area contributed by atoms with E-state index in [1.54, 1.807) is 0 Å². The van der Waals surface area contributed by atoms with E-state index in [1.807, 2.05) is 32.9 Å². The zero-order valence-electron chi connectivity index (χ0n) is 22.0. The molecule has 4 rings (SSSR count). The predicted molar refractivity (Wildman–Crippen MR) is 146 cm³/mol. The van der Waals surface area contributed by atoms with E-state index < -0.39 is 0 Å². The maximum absolute atomic E-state index is 13.5. The number of anilines is 1. The van der Waals surface area contributed by atoms with Crippen molar-refractivity contribution < 1.29 is 9.53 Å². The van der Waals surface area contributed by atoms with Crippen molar-refractivity contribution in [2.24, 2.45) is 0 Å². The van der Waals surface area contributed by atoms with E-state index in [2.05, 4.69) is 59.4 Å². The minimum Gasteiger partial charge on any atom is -0.381 e. The number of rotatable bonds is 7. The molecule has 0 atom stereocenters. The van der Waals surface area contributed by atoms with Crippen LogP contribution in [-0.4, -0.2) is 36.7 Å². The third-order valence-electron chi connectivity index (χ3n) is 7.21. The van der Waals surface area contributed by atoms with Gasteiger partial charge in [-0.1, -0.05) is 29.8 Å². The first kappa shape index (κ1) is 25.7. The van der Waals surface area contributed by atoms with Gasteiger partial charge in [-0.3, -0.25) is 9.59 Å². The van der Waals surface area contributed by atoms with E-state index in [-0.39, 0.29) is 18.0 Å². The molecule has 1 aliphatic heterocycles. The minimum absolute atomic E-state index is 0.157. The summed E-state index contributed by atoms with van der Waals surface area (Å²) >= 11 is 0. The highest BCUT2D eigenvalue weighted by Gasteiger charge is 2.25. The SMILES string of the molecule is CCN(c1cc(-c2ccc(C)cc2)cc(C(=O)NCc2c(C)cc(C)[nH]c2=O)c1C)C1CCOCC1. The van der Waals surface area contributed by atoms with Crippen LogP contribution in [0.2, 0.25) is 0 Å². The Morgan fingerprint density at radius 1 is 1.03 bits per heavy atom. The molecule has 0 aliphatic carbocycles. The molecule has 1 aromatic heterocycles. The van der Waals surface area contributed by atoms with Crippen molar-refractivity contribution in [3.63, 3.8) is 0 Å². The van der Waals surface area contributed by atoms with Crippen LogP contribution in [0.25, 0.3) is 11.1 Å². The Balaban J connectivity index is 1.73. The van der Waals surface area contributed by atoms with Crippen molar-refractivity contribution in [3.8, 4) is 11.1 Å². The number of nitrogens with one attached hydrogen (secondary N) is 2. The van der Waals surface area contributed by atoms with Crippen LogP contribution < -0.4 is 15.8 Å². The number of carbonyl (C=O) groups excluding carboxylic acids is 1. The molecule has 2 aromatic carbocycles. The Hall–Kier alpha value is -3.38. The van der Waals surface area contributed by atoms with Crippen molar-refractivity contribution in [2.45, 2.75) is 60.0 Å². The Bertz CT molecular complexity index is 1290. The fraction of sp³-hybridized carbons (Fsp3) is 0.400. The number of aromatic amines is 1. The Labute approximate surface area is 213 Å². The van der Waals surface area contributed by atoms with Gasteiger partial charge in [0.25, 0.3) is 11.5 Å². The maximum atomic E-state index is 13.5. The number of benzene rings is 2. The summed E-state index contributed by atoms with van der Waals surface area (Å²) in [5.74, 6) is -0.176. The van der Waals surface area contributed by atoms with Gasteiger partial charge < -0.3 is 19.9 Å². The number of amides is 1. The molecule has 2 heterocycles. The van der Waals surface area contributed by atoms with Gasteiger partial charge in [-0.25, -0.2) is 0 Å². The highest BCUT2D eigenvalue weighted by molar-refractivity contribution is 5.99. The number of nitrogens with zero attached hydrogens (tertiary/aromatic N) is 1. The molecule has 0 saturated carbocycles. The Kier molecular flexibility index (Phi) is 7.94. The van der Waals surface area contributed by atoms with Crippen molar-refractivity contribution in [3.05, 3.63) is 86.3 Å². The molecule has 2 N–H and O–H groups in total. The smallest absolute Gasteiger partial charge is 0.253 e. The lowest BCUT2D eigenvalue weighted by Crippen LogP contribution is -2.40. The van der Waals surface area contributed by atoms with E-state index in [4.69, 9.17) is 4.74 Å². The summed E-state index contributed by atoms with van der Waals surface area (Å²) in [5, 5.41) is 3.01. The van der Waals surface area contributed by atoms with Crippen LogP contribution in [0.3, 0.4) is 0 Å². The molecule has 0 spiro atoms. The average molecular weight is 488 g/mol. The zero-order valence-corrected chi connectivity index (χ0v) is 22.0. The number of hydrogen-bond acceptors (Lipinski definition) is 4. The van der Waals surface area contributed by atoms with E-state index in [0.717, 1.165) is 66.2 Å². The topological polar surface area (TPSA) is 74.4 Å². The van der Waals surface area contributed by atoms with Crippen LogP contribution in [0.5, 0.6) is 0 Å². The summed E-state index contributed by atoms with van der Waals surface area (Å²) in [6.45, 7) is 12.6. The lowest BCUT2D eigenvalue weighted by Gasteiger charge is -2.37. The van der Waals surface area contributed by atoms with Gasteiger partial charge in [-0.2, -0.15) is 0 Å². The van der Waals surface area contributed by atoms with Crippen LogP contribution in [0.4, 0.5) is 5.69 Å². The zero-order chi connectivity index (χ0) is 25.8. The Morgan fingerprint density at radius 2 is 1.72 bits per heavy atom. The summed E-state index contributed by atoms with van der Waals surface area (Å²) in [6, 6.07) is 14.9. The Morgan fingerprint density at radius 3 is 2.36 bits per heavy atom. The van der Waals surface area contributed by atoms with Crippen molar-refractivity contribution >= 4 is 11.6 Å². The number of carbonyl (C=O) groups is 1. The monoisotopic (exact) mass is 487 g/mol. The van der Waals surface area contributed by atoms with Gasteiger partial charge in [0, 0.05) is 54.9 Å². The summed E-state index contributed by atoms with van der Waals surface area (Å²) in [5.41, 5.74) is 8.05. The fourth-order valence-electron chi connectivity index (χ4n) is 5.13. The first-order valence-electron chi connectivity index (χ1n) is 12.8. The van der Waals surface area contributed by atoms with E-state index in [1.165, 1.54) is 5.56 Å². The third kappa shape index (κ3) is 5.54. The largest absolute Gasteiger partial charge is 0.381 e. The second-order valence-corrected chi connectivity index (χ2v) is 9.79. The van der Waals surface area contributed by atoms with E-state index in [9.17, 15) is 9.59 Å². The lowest BCUT2D eigenvalue weighted by atomic mass is 9.95. The van der Waals surface area contributed by atoms with Gasteiger partial charge in [0.05, 0.1) is 0 Å². The normalized spacial score (nSPS) is 14.0. The van der Waals surface area contributed by atoms with Gasteiger partial charge in [-0.05, 0) is 87.9 Å². The van der Waals surface area contributed by atoms with Crippen LogP contribution >= 0.6 is 0 Å². The van der Waals surface area contributed by atoms with Crippen LogP contribution in [-0.2, 0) is 11.3 Å². The third-order valence-corrected chi connectivity index (χ3v) is 7.21. The molecule has 6 heteroatoms. The maximum Gasteiger partial charge on any atom is 0.253 e. The molecule has 1 aliphatic rings. The molecule has 6 nitrogen and oxygen atoms in total. The van der Waals surface area contributed by atoms with E-state index >= 15 is 0 Å². The summed E-state index contributed by atoms with van der Waals surface area (Å²) < 4.78 is 5.61. The van der Waals surface area contributed by atoms with E-state index in [0.29, 0.717) is 17.2 Å². The molecule has 3 aromatic rings. The second-order valence-electron chi connectivity index (χ2n) is 9.79. The van der Waals surface area contributed by atoms with Crippen LogP contribution in [0.15, 0.2) is 47.3 Å². The number of pyridine rings is 1. The molecule has 190 valence electrons. The van der Waals surface area contributed by atoms with Gasteiger partial charge in [0.15, 0.2) is 0 Å². The summed E-state index contributed by atoms with van der Waals surface area (Å²) in [6.07, 6.45) is 1.94. The standard InChI is InChI=1S/C30H37N3O3/c1-6-33(25-11-13-36-14-12-25)28-17-24(23-9-7-19(2)8-10-23)16-26(22(28)5)29(34)31-18-27-20(3)15-21(4)32-30(27)35/h7-10,15-17,25H,6,11-14,18H2,1-5H3,(H,31,34)(H,32,35). The van der Waals surface area contributed by atoms with Crippen LogP contribution in [0.1, 0.15) is 58.1 Å². The fourth-order valence-corrected chi connectivity index (χ4v) is 5.13. The molecule has 1 fully saturated rings. The first-order chi connectivity index (χ1) is 17.3. The molecule has 36 heavy (non-hydrogen) atoms. The number of aromatic nitrogens is 1. The van der Waals surface area contributed by atoms with Crippen molar-refractivity contribution in [2.75, 3.05) is 24.7 Å². The molecular formula is C30H37N3O3. The van der Waals surface area contributed by atoms with Gasteiger partial charge in [0.2, 0.25) is 0 Å². The van der Waals surface area contributed by atoms with Gasteiger partial charge >= 0.3 is 0 Å². The molecular weight excluding hydrogens is 450 g/mol. The predicted octanol–water partition coefficient (Wildman–Crippen LogP) is 5.21. The lowest BCUT2D eigenvalue weighted by molar-refractivity contribution is 0.0846. The molecule has 0 radical (unpaired) electrons. The van der Waals surface area contributed by atoms with Crippen molar-refractivity contribution in [1.29, 1.82) is 0 Å². The number of aryl methyl sites for hydroxylation is 3. The van der Waals surface area contributed by atoms with Gasteiger partial charge in [0.1, 0.15) is 0 Å². The molecule has 0 unspecified atom stereocenters. The molecule has 1 amide bonds. The van der Waals surface area contributed by atoms with Crippen molar-refractivity contribution in [1.82, 2.24) is 10.3 Å². The minimum atomic E-state index is -0.176. The van der Waals surface area contributed by atoms with Gasteiger partial charge in [-0.15, -0.1) is 0 Å². The average Bonchev–Trinajstić information content (AvgIpc) is 2.86. The number of H-pyrrole nitrogens is 1. The highest BCUT2D eigenvalue weighted by Crippen LogP contribution is 2.34. The molecule has 1 saturated heterocycles.